The molecular weight excluding hydrogens is 548 g/mol. The fraction of sp³-hybridized carbons (Fsp3) is 0.333. The molecule has 41 heavy (non-hydrogen) atoms. The Morgan fingerprint density at radius 2 is 1.73 bits per heavy atom. The van der Waals surface area contributed by atoms with Gasteiger partial charge in [0.1, 0.15) is 5.03 Å². The first kappa shape index (κ1) is 30.2. The number of aromatic nitrogens is 1. The Hall–Kier alpha value is -3.77. The predicted octanol–water partition coefficient (Wildman–Crippen LogP) is 4.18. The maximum absolute atomic E-state index is 12.2. The standard InChI is InChI=1S/C30H32N2O8S/c1-18(38-19(2)34)27(35)32-15-20-5-11-23(12-6-20)30-39-24(17-41-28-25(29(36)37)4-3-13-31-28)14-26(40-30)22-9-7-21(16-33)8-10-22/h3-13,18,24,26,30,33H,14-17H2,1-2H3,(H,32,35)(H,36,37)/t18-,24-,26+,30?/m0/s1. The van der Waals surface area contributed by atoms with Crippen LogP contribution in [0.3, 0.4) is 0 Å². The fourth-order valence-electron chi connectivity index (χ4n) is 4.29. The number of carboxylic acid groups (broad SMARTS) is 1. The number of aliphatic hydroxyl groups is 1. The number of hydrogen-bond donors (Lipinski definition) is 3. The first-order valence-corrected chi connectivity index (χ1v) is 14.1. The quantitative estimate of drug-likeness (QED) is 0.223. The van der Waals surface area contributed by atoms with Crippen LogP contribution in [-0.4, -0.2) is 51.0 Å². The zero-order chi connectivity index (χ0) is 29.4. The van der Waals surface area contributed by atoms with Crippen molar-refractivity contribution in [3.05, 3.63) is 94.7 Å². The zero-order valence-corrected chi connectivity index (χ0v) is 23.5. The summed E-state index contributed by atoms with van der Waals surface area (Å²) in [6.45, 7) is 2.96. The van der Waals surface area contributed by atoms with Crippen LogP contribution in [0.5, 0.6) is 0 Å². The van der Waals surface area contributed by atoms with E-state index in [2.05, 4.69) is 10.3 Å². The van der Waals surface area contributed by atoms with Crippen molar-refractivity contribution >= 4 is 29.6 Å². The second-order valence-corrected chi connectivity index (χ2v) is 10.5. The predicted molar refractivity (Wildman–Crippen MR) is 150 cm³/mol. The minimum Gasteiger partial charge on any atom is -0.478 e. The maximum Gasteiger partial charge on any atom is 0.338 e. The largest absolute Gasteiger partial charge is 0.478 e. The lowest BCUT2D eigenvalue weighted by atomic mass is 10.0. The van der Waals surface area contributed by atoms with Gasteiger partial charge in [-0.1, -0.05) is 48.5 Å². The average Bonchev–Trinajstić information content (AvgIpc) is 2.98. The summed E-state index contributed by atoms with van der Waals surface area (Å²) in [5, 5.41) is 22.1. The number of nitrogens with zero attached hydrogens (tertiary/aromatic N) is 1. The molecule has 0 spiro atoms. The van der Waals surface area contributed by atoms with Gasteiger partial charge in [0.2, 0.25) is 0 Å². The molecule has 1 amide bonds. The fourth-order valence-corrected chi connectivity index (χ4v) is 5.30. The van der Waals surface area contributed by atoms with Crippen LogP contribution in [0.15, 0.2) is 71.9 Å². The van der Waals surface area contributed by atoms with Crippen molar-refractivity contribution in [2.24, 2.45) is 0 Å². The number of thioether (sulfide) groups is 1. The molecule has 0 radical (unpaired) electrons. The van der Waals surface area contributed by atoms with Gasteiger partial charge in [-0.2, -0.15) is 0 Å². The average molecular weight is 581 g/mol. The molecule has 10 nitrogen and oxygen atoms in total. The number of carboxylic acids is 1. The molecule has 0 saturated carbocycles. The van der Waals surface area contributed by atoms with Crippen LogP contribution in [0.2, 0.25) is 0 Å². The highest BCUT2D eigenvalue weighted by Gasteiger charge is 2.32. The van der Waals surface area contributed by atoms with Crippen molar-refractivity contribution in [3.8, 4) is 0 Å². The molecule has 1 aromatic heterocycles. The molecule has 2 heterocycles. The van der Waals surface area contributed by atoms with Crippen molar-refractivity contribution in [3.63, 3.8) is 0 Å². The van der Waals surface area contributed by atoms with Crippen LogP contribution in [-0.2, 0) is 37.0 Å². The summed E-state index contributed by atoms with van der Waals surface area (Å²) in [5.74, 6) is -1.48. The molecule has 1 aliphatic heterocycles. The number of carbonyl (C=O) groups excluding carboxylic acids is 2. The highest BCUT2D eigenvalue weighted by molar-refractivity contribution is 7.99. The number of benzene rings is 2. The second-order valence-electron chi connectivity index (χ2n) is 9.53. The highest BCUT2D eigenvalue weighted by Crippen LogP contribution is 2.39. The van der Waals surface area contributed by atoms with Crippen molar-refractivity contribution in [1.82, 2.24) is 10.3 Å². The summed E-state index contributed by atoms with van der Waals surface area (Å²) in [6.07, 6.45) is -0.0292. The van der Waals surface area contributed by atoms with E-state index in [1.165, 1.54) is 31.7 Å². The van der Waals surface area contributed by atoms with E-state index in [1.807, 2.05) is 48.5 Å². The van der Waals surface area contributed by atoms with Crippen molar-refractivity contribution in [1.29, 1.82) is 0 Å². The molecule has 3 N–H and O–H groups in total. The number of carbonyl (C=O) groups is 3. The van der Waals surface area contributed by atoms with Crippen LogP contribution >= 0.6 is 11.8 Å². The van der Waals surface area contributed by atoms with E-state index in [1.54, 1.807) is 12.3 Å². The van der Waals surface area contributed by atoms with Gasteiger partial charge >= 0.3 is 11.9 Å². The van der Waals surface area contributed by atoms with E-state index < -0.39 is 30.2 Å². The van der Waals surface area contributed by atoms with Crippen LogP contribution in [0, 0.1) is 0 Å². The third-order valence-electron chi connectivity index (χ3n) is 6.45. The number of nitrogens with one attached hydrogen (secondary N) is 1. The third kappa shape index (κ3) is 8.37. The Bertz CT molecular complexity index is 1350. The van der Waals surface area contributed by atoms with Crippen molar-refractivity contribution < 1.29 is 38.8 Å². The van der Waals surface area contributed by atoms with Gasteiger partial charge in [-0.3, -0.25) is 9.59 Å². The van der Waals surface area contributed by atoms with Gasteiger partial charge in [-0.15, -0.1) is 11.8 Å². The molecule has 4 atom stereocenters. The first-order valence-electron chi connectivity index (χ1n) is 13.1. The van der Waals surface area contributed by atoms with Gasteiger partial charge in [-0.05, 0) is 35.7 Å². The minimum atomic E-state index is -1.04. The second kappa shape index (κ2) is 14.2. The van der Waals surface area contributed by atoms with Gasteiger partial charge in [-0.25, -0.2) is 9.78 Å². The van der Waals surface area contributed by atoms with Crippen molar-refractivity contribution in [2.75, 3.05) is 5.75 Å². The summed E-state index contributed by atoms with van der Waals surface area (Å²) < 4.78 is 17.6. The summed E-state index contributed by atoms with van der Waals surface area (Å²) in [6, 6.07) is 18.1. The first-order chi connectivity index (χ1) is 19.7. The lowest BCUT2D eigenvalue weighted by molar-refractivity contribution is -0.245. The number of esters is 1. The zero-order valence-electron chi connectivity index (χ0n) is 22.7. The molecule has 1 aliphatic rings. The lowest BCUT2D eigenvalue weighted by Crippen LogP contribution is -2.35. The molecule has 1 fully saturated rings. The van der Waals surface area contributed by atoms with Crippen LogP contribution in [0.1, 0.15) is 65.3 Å². The van der Waals surface area contributed by atoms with E-state index in [0.717, 1.165) is 22.3 Å². The number of pyridine rings is 1. The summed E-state index contributed by atoms with van der Waals surface area (Å²) >= 11 is 1.32. The Labute approximate surface area is 242 Å². The lowest BCUT2D eigenvalue weighted by Gasteiger charge is -2.36. The van der Waals surface area contributed by atoms with Gasteiger partial charge in [0.15, 0.2) is 12.4 Å². The molecule has 4 rings (SSSR count). The SMILES string of the molecule is CC(=O)O[C@@H](C)C(=O)NCc1ccc(C2O[C@H](CSc3ncccc3C(=O)O)C[C@H](c3ccc(CO)cc3)O2)cc1. The number of ether oxygens (including phenoxy) is 3. The molecule has 3 aromatic rings. The van der Waals surface area contributed by atoms with E-state index in [-0.39, 0.29) is 30.9 Å². The molecular formula is C30H32N2O8S. The van der Waals surface area contributed by atoms with E-state index in [9.17, 15) is 24.6 Å². The van der Waals surface area contributed by atoms with E-state index in [0.29, 0.717) is 17.2 Å². The normalized spacial score (nSPS) is 19.2. The highest BCUT2D eigenvalue weighted by atomic mass is 32.2. The molecule has 1 unspecified atom stereocenters. The molecule has 11 heteroatoms. The summed E-state index contributed by atoms with van der Waals surface area (Å²) in [4.78, 5) is 39.1. The summed E-state index contributed by atoms with van der Waals surface area (Å²) in [5.41, 5.74) is 3.50. The van der Waals surface area contributed by atoms with Gasteiger partial charge < -0.3 is 29.7 Å². The topological polar surface area (TPSA) is 144 Å². The van der Waals surface area contributed by atoms with Gasteiger partial charge in [0.25, 0.3) is 5.91 Å². The number of hydrogen-bond acceptors (Lipinski definition) is 9. The minimum absolute atomic E-state index is 0.0533. The van der Waals surface area contributed by atoms with E-state index >= 15 is 0 Å². The number of rotatable bonds is 11. The Morgan fingerprint density at radius 3 is 2.39 bits per heavy atom. The van der Waals surface area contributed by atoms with Crippen molar-refractivity contribution in [2.45, 2.75) is 63.0 Å². The maximum atomic E-state index is 12.2. The molecule has 2 aromatic carbocycles. The number of aromatic carboxylic acids is 1. The molecule has 216 valence electrons. The Balaban J connectivity index is 1.47. The molecule has 0 bridgehead atoms. The van der Waals surface area contributed by atoms with Crippen LogP contribution in [0.4, 0.5) is 0 Å². The molecule has 0 aliphatic carbocycles. The van der Waals surface area contributed by atoms with Crippen LogP contribution in [0.25, 0.3) is 0 Å². The Morgan fingerprint density at radius 1 is 1.05 bits per heavy atom. The Kier molecular flexibility index (Phi) is 10.5. The van der Waals surface area contributed by atoms with Gasteiger partial charge in [0, 0.05) is 37.4 Å². The van der Waals surface area contributed by atoms with E-state index in [4.69, 9.17) is 14.2 Å². The monoisotopic (exact) mass is 580 g/mol. The summed E-state index contributed by atoms with van der Waals surface area (Å²) in [7, 11) is 0. The number of aliphatic hydroxyl groups excluding tert-OH is 1. The third-order valence-corrected chi connectivity index (χ3v) is 7.59. The van der Waals surface area contributed by atoms with Gasteiger partial charge in [0.05, 0.1) is 24.4 Å². The smallest absolute Gasteiger partial charge is 0.338 e. The molecule has 1 saturated heterocycles. The van der Waals surface area contributed by atoms with Crippen LogP contribution < -0.4 is 5.32 Å². The number of amides is 1.